The number of carbonyl (C=O) groups is 2. The van der Waals surface area contributed by atoms with E-state index >= 15 is 0 Å². The highest BCUT2D eigenvalue weighted by atomic mass is 16.4. The Bertz CT molecular complexity index is 894. The van der Waals surface area contributed by atoms with E-state index in [1.165, 1.54) is 32.1 Å². The molecule has 1 atom stereocenters. The Hall–Kier alpha value is -2.11. The van der Waals surface area contributed by atoms with Gasteiger partial charge in [-0.1, -0.05) is 51.4 Å². The Labute approximate surface area is 197 Å². The first-order valence-electron chi connectivity index (χ1n) is 13.3. The van der Waals surface area contributed by atoms with Crippen molar-refractivity contribution in [1.29, 1.82) is 0 Å². The molecule has 1 heterocycles. The van der Waals surface area contributed by atoms with Gasteiger partial charge in [0.25, 0.3) is 11.5 Å². The number of aryl methyl sites for hydroxylation is 1. The summed E-state index contributed by atoms with van der Waals surface area (Å²) in [5, 5.41) is 12.6. The Kier molecular flexibility index (Phi) is 8.26. The van der Waals surface area contributed by atoms with E-state index in [9.17, 15) is 19.5 Å². The lowest BCUT2D eigenvalue weighted by molar-refractivity contribution is -0.141. The van der Waals surface area contributed by atoms with Gasteiger partial charge in [0.2, 0.25) is 0 Å². The Morgan fingerprint density at radius 2 is 1.52 bits per heavy atom. The average molecular weight is 457 g/mol. The zero-order valence-electron chi connectivity index (χ0n) is 19.9. The first-order chi connectivity index (χ1) is 16.0. The molecule has 2 saturated carbocycles. The maximum atomic E-state index is 13.6. The van der Waals surface area contributed by atoms with Crippen LogP contribution in [0.25, 0.3) is 0 Å². The highest BCUT2D eigenvalue weighted by Gasteiger charge is 2.32. The standard InChI is InChI=1S/C27H40N2O4/c30-25(28-24(27(32)33)20-13-8-4-9-14-20)22-17-21-15-7-1-2-10-16-23(21)29(26(22)31)18-19-11-5-3-6-12-19/h17,19-20,24H,1-16,18H2,(H,28,30)(H,32,33)/t24-/m1/s1. The number of carboxylic acids is 1. The Morgan fingerprint density at radius 1 is 0.909 bits per heavy atom. The molecule has 2 N–H and O–H groups in total. The number of nitrogens with one attached hydrogen (secondary N) is 1. The predicted molar refractivity (Wildman–Crippen MR) is 129 cm³/mol. The molecular weight excluding hydrogens is 416 g/mol. The highest BCUT2D eigenvalue weighted by Crippen LogP contribution is 2.28. The molecule has 1 amide bonds. The second kappa shape index (κ2) is 11.3. The van der Waals surface area contributed by atoms with Gasteiger partial charge in [-0.3, -0.25) is 9.59 Å². The third-order valence-corrected chi connectivity index (χ3v) is 8.18. The van der Waals surface area contributed by atoms with E-state index in [2.05, 4.69) is 5.32 Å². The summed E-state index contributed by atoms with van der Waals surface area (Å²) in [6.07, 6.45) is 17.0. The molecule has 0 spiro atoms. The van der Waals surface area contributed by atoms with Crippen LogP contribution in [0.2, 0.25) is 0 Å². The maximum absolute atomic E-state index is 13.6. The van der Waals surface area contributed by atoms with E-state index in [0.717, 1.165) is 81.9 Å². The minimum Gasteiger partial charge on any atom is -0.480 e. The number of amides is 1. The maximum Gasteiger partial charge on any atom is 0.326 e. The van der Waals surface area contributed by atoms with Crippen molar-refractivity contribution >= 4 is 11.9 Å². The molecule has 0 saturated heterocycles. The van der Waals surface area contributed by atoms with Crippen LogP contribution in [0, 0.1) is 11.8 Å². The molecular formula is C27H40N2O4. The quantitative estimate of drug-likeness (QED) is 0.640. The number of aliphatic carboxylic acids is 1. The molecule has 182 valence electrons. The lowest BCUT2D eigenvalue weighted by atomic mass is 9.83. The van der Waals surface area contributed by atoms with E-state index in [-0.39, 0.29) is 17.0 Å². The second-order valence-electron chi connectivity index (χ2n) is 10.6. The van der Waals surface area contributed by atoms with Crippen LogP contribution >= 0.6 is 0 Å². The number of aromatic nitrogens is 1. The van der Waals surface area contributed by atoms with Crippen LogP contribution in [0.1, 0.15) is 112 Å². The van der Waals surface area contributed by atoms with Crippen LogP contribution in [0.4, 0.5) is 0 Å². The molecule has 3 aliphatic rings. The van der Waals surface area contributed by atoms with Crippen molar-refractivity contribution in [3.8, 4) is 0 Å². The minimum atomic E-state index is -0.996. The number of pyridine rings is 1. The molecule has 0 radical (unpaired) electrons. The van der Waals surface area contributed by atoms with Crippen molar-refractivity contribution in [1.82, 2.24) is 9.88 Å². The number of fused-ring (bicyclic) bond motifs is 1. The van der Waals surface area contributed by atoms with Gasteiger partial charge in [0.1, 0.15) is 11.6 Å². The number of hydrogen-bond acceptors (Lipinski definition) is 3. The largest absolute Gasteiger partial charge is 0.480 e. The summed E-state index contributed by atoms with van der Waals surface area (Å²) >= 11 is 0. The minimum absolute atomic E-state index is 0.0611. The zero-order valence-corrected chi connectivity index (χ0v) is 19.9. The van der Waals surface area contributed by atoms with Gasteiger partial charge >= 0.3 is 5.97 Å². The summed E-state index contributed by atoms with van der Waals surface area (Å²) in [6.45, 7) is 0.688. The van der Waals surface area contributed by atoms with Gasteiger partial charge < -0.3 is 15.0 Å². The smallest absolute Gasteiger partial charge is 0.326 e. The van der Waals surface area contributed by atoms with Crippen molar-refractivity contribution in [2.75, 3.05) is 0 Å². The third kappa shape index (κ3) is 5.88. The monoisotopic (exact) mass is 456 g/mol. The molecule has 2 fully saturated rings. The lowest BCUT2D eigenvalue weighted by Gasteiger charge is -2.29. The van der Waals surface area contributed by atoms with Gasteiger partial charge in [-0.2, -0.15) is 0 Å². The number of hydrogen-bond donors (Lipinski definition) is 2. The van der Waals surface area contributed by atoms with E-state index in [4.69, 9.17) is 0 Å². The molecule has 4 rings (SSSR count). The van der Waals surface area contributed by atoms with E-state index in [0.29, 0.717) is 12.5 Å². The van der Waals surface area contributed by atoms with Crippen molar-refractivity contribution in [2.45, 2.75) is 115 Å². The van der Waals surface area contributed by atoms with E-state index in [1.807, 2.05) is 4.57 Å². The van der Waals surface area contributed by atoms with E-state index < -0.39 is 17.9 Å². The summed E-state index contributed by atoms with van der Waals surface area (Å²) in [4.78, 5) is 39.0. The first kappa shape index (κ1) is 24.0. The molecule has 6 heteroatoms. The zero-order chi connectivity index (χ0) is 23.2. The second-order valence-corrected chi connectivity index (χ2v) is 10.6. The fourth-order valence-corrected chi connectivity index (χ4v) is 6.29. The molecule has 0 aromatic carbocycles. The van der Waals surface area contributed by atoms with Crippen LogP contribution in [0.3, 0.4) is 0 Å². The van der Waals surface area contributed by atoms with Crippen molar-refractivity contribution in [3.05, 3.63) is 33.2 Å². The summed E-state index contributed by atoms with van der Waals surface area (Å²) in [5.41, 5.74) is 2.13. The normalized spacial score (nSPS) is 21.5. The highest BCUT2D eigenvalue weighted by molar-refractivity contribution is 5.96. The Morgan fingerprint density at radius 3 is 2.18 bits per heavy atom. The fourth-order valence-electron chi connectivity index (χ4n) is 6.29. The predicted octanol–water partition coefficient (Wildman–Crippen LogP) is 4.85. The molecule has 0 unspecified atom stereocenters. The summed E-state index contributed by atoms with van der Waals surface area (Å²) in [7, 11) is 0. The number of carbonyl (C=O) groups excluding carboxylic acids is 1. The van der Waals surface area contributed by atoms with Crippen LogP contribution in [-0.2, 0) is 24.2 Å². The number of nitrogens with zero attached hydrogens (tertiary/aromatic N) is 1. The molecule has 1 aromatic rings. The van der Waals surface area contributed by atoms with Crippen molar-refractivity contribution < 1.29 is 14.7 Å². The van der Waals surface area contributed by atoms with Crippen molar-refractivity contribution in [3.63, 3.8) is 0 Å². The summed E-state index contributed by atoms with van der Waals surface area (Å²) in [5.74, 6) is -1.09. The van der Waals surface area contributed by atoms with Gasteiger partial charge in [-0.15, -0.1) is 0 Å². The topological polar surface area (TPSA) is 88.4 Å². The lowest BCUT2D eigenvalue weighted by Crippen LogP contribution is -2.48. The van der Waals surface area contributed by atoms with Gasteiger partial charge in [0, 0.05) is 12.2 Å². The van der Waals surface area contributed by atoms with Gasteiger partial charge in [-0.25, -0.2) is 4.79 Å². The summed E-state index contributed by atoms with van der Waals surface area (Å²) in [6, 6.07) is 0.862. The van der Waals surface area contributed by atoms with Gasteiger partial charge in [-0.05, 0) is 74.8 Å². The molecule has 1 aromatic heterocycles. The number of rotatable bonds is 6. The van der Waals surface area contributed by atoms with Crippen LogP contribution in [0.15, 0.2) is 10.9 Å². The third-order valence-electron chi connectivity index (χ3n) is 8.18. The fraction of sp³-hybridized carbons (Fsp3) is 0.741. The van der Waals surface area contributed by atoms with Gasteiger partial charge in [0.15, 0.2) is 0 Å². The molecule has 0 aliphatic heterocycles. The van der Waals surface area contributed by atoms with Crippen LogP contribution < -0.4 is 10.9 Å². The first-order valence-corrected chi connectivity index (χ1v) is 13.3. The molecule has 6 nitrogen and oxygen atoms in total. The molecule has 33 heavy (non-hydrogen) atoms. The average Bonchev–Trinajstić information content (AvgIpc) is 2.81. The SMILES string of the molecule is O=C(N[C@@H](C(=O)O)C1CCCCC1)c1cc2c(n(CC3CCCCC3)c1=O)CCCCCC2. The molecule has 0 bridgehead atoms. The Balaban J connectivity index is 1.65. The molecule has 3 aliphatic carbocycles. The van der Waals surface area contributed by atoms with Crippen molar-refractivity contribution in [2.24, 2.45) is 11.8 Å². The summed E-state index contributed by atoms with van der Waals surface area (Å²) < 4.78 is 1.90. The van der Waals surface area contributed by atoms with Gasteiger partial charge in [0.05, 0.1) is 0 Å². The number of carboxylic acid groups (broad SMARTS) is 1. The van der Waals surface area contributed by atoms with Crippen LogP contribution in [0.5, 0.6) is 0 Å². The van der Waals surface area contributed by atoms with E-state index in [1.54, 1.807) is 6.07 Å². The van der Waals surface area contributed by atoms with Crippen LogP contribution in [-0.4, -0.2) is 27.6 Å².